The summed E-state index contributed by atoms with van der Waals surface area (Å²) >= 11 is 0. The van der Waals surface area contributed by atoms with Gasteiger partial charge in [0.1, 0.15) is 12.4 Å². The highest BCUT2D eigenvalue weighted by atomic mass is 16.5. The molecule has 0 saturated heterocycles. The van der Waals surface area contributed by atoms with Gasteiger partial charge in [-0.05, 0) is 30.3 Å². The van der Waals surface area contributed by atoms with E-state index in [0.717, 1.165) is 0 Å². The van der Waals surface area contributed by atoms with Crippen LogP contribution in [0.2, 0.25) is 0 Å². The predicted molar refractivity (Wildman–Crippen MR) is 123 cm³/mol. The monoisotopic (exact) mass is 447 g/mol. The number of amides is 1. The maximum Gasteiger partial charge on any atom is 0.264 e. The summed E-state index contributed by atoms with van der Waals surface area (Å²) in [4.78, 5) is 27.8. The number of aliphatic hydroxyl groups is 1. The van der Waals surface area contributed by atoms with E-state index in [2.05, 4.69) is 0 Å². The smallest absolute Gasteiger partial charge is 0.264 e. The van der Waals surface area contributed by atoms with E-state index in [1.54, 1.807) is 67.8 Å². The van der Waals surface area contributed by atoms with Gasteiger partial charge in [-0.2, -0.15) is 0 Å². The molecule has 1 heterocycles. The molecule has 1 N–H and O–H groups in total. The van der Waals surface area contributed by atoms with E-state index >= 15 is 0 Å². The largest absolute Gasteiger partial charge is 0.497 e. The second-order valence-corrected chi connectivity index (χ2v) is 7.67. The van der Waals surface area contributed by atoms with Gasteiger partial charge in [0.15, 0.2) is 22.9 Å². The van der Waals surface area contributed by atoms with E-state index < -0.39 is 11.5 Å². The van der Waals surface area contributed by atoms with E-state index in [9.17, 15) is 14.7 Å². The van der Waals surface area contributed by atoms with Crippen molar-refractivity contribution in [3.63, 3.8) is 0 Å². The third-order valence-electron chi connectivity index (χ3n) is 5.69. The fraction of sp³-hybridized carbons (Fsp3) is 0.231. The van der Waals surface area contributed by atoms with Crippen molar-refractivity contribution in [1.29, 1.82) is 0 Å². The van der Waals surface area contributed by atoms with Crippen molar-refractivity contribution in [3.8, 4) is 17.2 Å². The Bertz CT molecular complexity index is 1180. The summed E-state index contributed by atoms with van der Waals surface area (Å²) in [6.07, 6.45) is -0.375. The molecule has 0 saturated carbocycles. The van der Waals surface area contributed by atoms with E-state index in [-0.39, 0.29) is 25.4 Å². The molecule has 0 bridgehead atoms. The molecule has 1 atom stereocenters. The lowest BCUT2D eigenvalue weighted by Gasteiger charge is -2.23. The van der Waals surface area contributed by atoms with Gasteiger partial charge in [0.25, 0.3) is 5.91 Å². The zero-order valence-electron chi connectivity index (χ0n) is 18.5. The second kappa shape index (κ2) is 9.34. The van der Waals surface area contributed by atoms with Gasteiger partial charge in [0, 0.05) is 11.1 Å². The van der Waals surface area contributed by atoms with Crippen LogP contribution in [0.1, 0.15) is 22.3 Å². The van der Waals surface area contributed by atoms with Crippen LogP contribution in [-0.4, -0.2) is 44.2 Å². The minimum atomic E-state index is -1.96. The molecule has 4 rings (SSSR count). The van der Waals surface area contributed by atoms with Crippen LogP contribution in [0.4, 0.5) is 5.69 Å². The Morgan fingerprint density at radius 2 is 1.67 bits per heavy atom. The molecule has 0 aromatic heterocycles. The van der Waals surface area contributed by atoms with Gasteiger partial charge >= 0.3 is 0 Å². The number of Topliss-reactive ketones (excluding diaryl/α,β-unsaturated/α-hetero) is 1. The fourth-order valence-electron chi connectivity index (χ4n) is 4.02. The Hall–Kier alpha value is -3.84. The zero-order valence-corrected chi connectivity index (χ0v) is 18.5. The Morgan fingerprint density at radius 1 is 0.939 bits per heavy atom. The first kappa shape index (κ1) is 22.4. The van der Waals surface area contributed by atoms with E-state index in [1.807, 2.05) is 12.1 Å². The SMILES string of the molecule is COc1cccc(C(=O)CC2(O)C(=O)N(CCOc3ccccc3OC)c3ccccc32)c1. The van der Waals surface area contributed by atoms with Crippen LogP contribution < -0.4 is 19.1 Å². The van der Waals surface area contributed by atoms with Crippen molar-refractivity contribution in [3.05, 3.63) is 83.9 Å². The number of fused-ring (bicyclic) bond motifs is 1. The van der Waals surface area contributed by atoms with Crippen molar-refractivity contribution >= 4 is 17.4 Å². The quantitative estimate of drug-likeness (QED) is 0.505. The molecule has 1 amide bonds. The molecule has 7 nitrogen and oxygen atoms in total. The lowest BCUT2D eigenvalue weighted by atomic mass is 9.88. The van der Waals surface area contributed by atoms with Gasteiger partial charge in [-0.1, -0.05) is 42.5 Å². The van der Waals surface area contributed by atoms with Crippen LogP contribution in [0, 0.1) is 0 Å². The van der Waals surface area contributed by atoms with E-state index in [1.165, 1.54) is 12.0 Å². The Balaban J connectivity index is 1.54. The number of carbonyl (C=O) groups excluding carboxylic acids is 2. The first-order valence-corrected chi connectivity index (χ1v) is 10.5. The van der Waals surface area contributed by atoms with Gasteiger partial charge < -0.3 is 24.2 Å². The van der Waals surface area contributed by atoms with Gasteiger partial charge in [-0.25, -0.2) is 0 Å². The van der Waals surface area contributed by atoms with Gasteiger partial charge in [0.2, 0.25) is 0 Å². The third-order valence-corrected chi connectivity index (χ3v) is 5.69. The molecule has 1 aliphatic rings. The zero-order chi connectivity index (χ0) is 23.4. The van der Waals surface area contributed by atoms with Gasteiger partial charge in [-0.15, -0.1) is 0 Å². The Kier molecular flexibility index (Phi) is 6.33. The normalized spacial score (nSPS) is 16.9. The van der Waals surface area contributed by atoms with Gasteiger partial charge in [-0.3, -0.25) is 9.59 Å². The summed E-state index contributed by atoms with van der Waals surface area (Å²) in [6.45, 7) is 0.379. The highest BCUT2D eigenvalue weighted by Crippen LogP contribution is 2.42. The molecule has 3 aromatic carbocycles. The fourth-order valence-corrected chi connectivity index (χ4v) is 4.02. The van der Waals surface area contributed by atoms with E-state index in [4.69, 9.17) is 14.2 Å². The van der Waals surface area contributed by atoms with Crippen LogP contribution in [0.15, 0.2) is 72.8 Å². The highest BCUT2D eigenvalue weighted by molar-refractivity contribution is 6.10. The number of hydrogen-bond donors (Lipinski definition) is 1. The molecule has 7 heteroatoms. The molecule has 0 aliphatic carbocycles. The summed E-state index contributed by atoms with van der Waals surface area (Å²) in [5.41, 5.74) is -0.622. The summed E-state index contributed by atoms with van der Waals surface area (Å²) in [5.74, 6) is 0.769. The Labute approximate surface area is 192 Å². The predicted octanol–water partition coefficient (Wildman–Crippen LogP) is 3.59. The molecule has 0 radical (unpaired) electrons. The molecule has 170 valence electrons. The number of ether oxygens (including phenoxy) is 3. The number of methoxy groups -OCH3 is 2. The minimum absolute atomic E-state index is 0.181. The average molecular weight is 447 g/mol. The topological polar surface area (TPSA) is 85.3 Å². The lowest BCUT2D eigenvalue weighted by molar-refractivity contribution is -0.135. The number of rotatable bonds is 9. The van der Waals surface area contributed by atoms with Crippen LogP contribution in [0.3, 0.4) is 0 Å². The third kappa shape index (κ3) is 4.27. The lowest BCUT2D eigenvalue weighted by Crippen LogP contribution is -2.43. The number of benzene rings is 3. The molecule has 0 spiro atoms. The number of carbonyl (C=O) groups is 2. The summed E-state index contributed by atoms with van der Waals surface area (Å²) in [6, 6.07) is 20.8. The Morgan fingerprint density at radius 3 is 2.42 bits per heavy atom. The second-order valence-electron chi connectivity index (χ2n) is 7.67. The average Bonchev–Trinajstić information content (AvgIpc) is 3.06. The molecule has 0 fully saturated rings. The summed E-state index contributed by atoms with van der Waals surface area (Å²) in [5, 5.41) is 11.4. The minimum Gasteiger partial charge on any atom is -0.497 e. The first-order valence-electron chi connectivity index (χ1n) is 10.5. The highest BCUT2D eigenvalue weighted by Gasteiger charge is 2.50. The van der Waals surface area contributed by atoms with Crippen LogP contribution in [-0.2, 0) is 10.4 Å². The van der Waals surface area contributed by atoms with Crippen molar-refractivity contribution in [2.75, 3.05) is 32.3 Å². The first-order chi connectivity index (χ1) is 16.0. The molecule has 1 aliphatic heterocycles. The number of hydrogen-bond acceptors (Lipinski definition) is 6. The standard InChI is InChI=1S/C26H25NO6/c1-31-19-9-7-8-18(16-19)22(28)17-26(30)20-10-3-4-11-21(20)27(25(26)29)14-15-33-24-13-6-5-12-23(24)32-2/h3-13,16,30H,14-15,17H2,1-2H3. The van der Waals surface area contributed by atoms with Gasteiger partial charge in [0.05, 0.1) is 32.9 Å². The number of nitrogens with zero attached hydrogens (tertiary/aromatic N) is 1. The summed E-state index contributed by atoms with van der Waals surface area (Å²) in [7, 11) is 3.07. The molecule has 33 heavy (non-hydrogen) atoms. The maximum atomic E-state index is 13.4. The molecular formula is C26H25NO6. The number of anilines is 1. The summed E-state index contributed by atoms with van der Waals surface area (Å²) < 4.78 is 16.3. The van der Waals surface area contributed by atoms with Crippen LogP contribution in [0.5, 0.6) is 17.2 Å². The maximum absolute atomic E-state index is 13.4. The van der Waals surface area contributed by atoms with Crippen LogP contribution >= 0.6 is 0 Å². The van der Waals surface area contributed by atoms with E-state index in [0.29, 0.717) is 34.1 Å². The molecule has 3 aromatic rings. The van der Waals surface area contributed by atoms with Crippen LogP contribution in [0.25, 0.3) is 0 Å². The number of para-hydroxylation sites is 3. The van der Waals surface area contributed by atoms with Crippen molar-refractivity contribution in [1.82, 2.24) is 0 Å². The molecular weight excluding hydrogens is 422 g/mol. The van der Waals surface area contributed by atoms with Crippen molar-refractivity contribution < 1.29 is 28.9 Å². The number of ketones is 1. The van der Waals surface area contributed by atoms with Crippen molar-refractivity contribution in [2.24, 2.45) is 0 Å². The molecule has 1 unspecified atom stereocenters. The van der Waals surface area contributed by atoms with Crippen molar-refractivity contribution in [2.45, 2.75) is 12.0 Å².